The number of likely N-dealkylation sites (N-methyl/N-ethyl adjacent to an activating group) is 1. The normalized spacial score (nSPS) is 19.9. The second-order valence-corrected chi connectivity index (χ2v) is 6.25. The molecule has 1 aliphatic heterocycles. The summed E-state index contributed by atoms with van der Waals surface area (Å²) in [6, 6.07) is 0.587. The summed E-state index contributed by atoms with van der Waals surface area (Å²) in [5.74, 6) is 0.345. The van der Waals surface area contributed by atoms with E-state index in [1.165, 1.54) is 25.9 Å². The molecule has 0 bridgehead atoms. The number of Topliss-reactive ketones (excluding diaryl/α,β-unsaturated/α-hetero) is 1. The van der Waals surface area contributed by atoms with Crippen LogP contribution in [0.2, 0.25) is 0 Å². The predicted molar refractivity (Wildman–Crippen MR) is 72.2 cm³/mol. The zero-order valence-electron chi connectivity index (χ0n) is 12.1. The van der Waals surface area contributed by atoms with E-state index in [0.717, 1.165) is 6.54 Å². The van der Waals surface area contributed by atoms with Gasteiger partial charge in [-0.05, 0) is 39.5 Å². The maximum atomic E-state index is 12.0. The lowest BCUT2D eigenvalue weighted by molar-refractivity contribution is -0.127. The number of piperidine rings is 1. The van der Waals surface area contributed by atoms with Gasteiger partial charge in [0.2, 0.25) is 0 Å². The van der Waals surface area contributed by atoms with Crippen LogP contribution in [0.4, 0.5) is 0 Å². The minimum absolute atomic E-state index is 0.210. The number of likely N-dealkylation sites (tertiary alicyclic amines) is 1. The van der Waals surface area contributed by atoms with Crippen molar-refractivity contribution < 1.29 is 4.79 Å². The van der Waals surface area contributed by atoms with Crippen molar-refractivity contribution in [3.63, 3.8) is 0 Å². The fourth-order valence-corrected chi connectivity index (χ4v) is 2.27. The molecule has 0 aliphatic carbocycles. The van der Waals surface area contributed by atoms with Gasteiger partial charge in [0, 0.05) is 11.5 Å². The summed E-state index contributed by atoms with van der Waals surface area (Å²) in [5.41, 5.74) is -0.210. The van der Waals surface area contributed by atoms with Crippen molar-refractivity contribution in [2.75, 3.05) is 33.2 Å². The number of hydrogen-bond acceptors (Lipinski definition) is 3. The molecule has 1 fully saturated rings. The summed E-state index contributed by atoms with van der Waals surface area (Å²) >= 11 is 0. The quantitative estimate of drug-likeness (QED) is 0.751. The Morgan fingerprint density at radius 1 is 1.29 bits per heavy atom. The molecule has 0 aromatic carbocycles. The van der Waals surface area contributed by atoms with Crippen LogP contribution in [0.25, 0.3) is 0 Å². The first-order valence-electron chi connectivity index (χ1n) is 6.80. The molecular formula is C14H28N2O. The summed E-state index contributed by atoms with van der Waals surface area (Å²) in [4.78, 5) is 16.7. The largest absolute Gasteiger partial charge is 0.303 e. The fraction of sp³-hybridized carbons (Fsp3) is 0.929. The van der Waals surface area contributed by atoms with Crippen LogP contribution in [0.5, 0.6) is 0 Å². The Labute approximate surface area is 106 Å². The van der Waals surface area contributed by atoms with Gasteiger partial charge in [-0.2, -0.15) is 0 Å². The Morgan fingerprint density at radius 3 is 2.24 bits per heavy atom. The topological polar surface area (TPSA) is 23.6 Å². The van der Waals surface area contributed by atoms with Gasteiger partial charge in [0.1, 0.15) is 0 Å². The standard InChI is InChI=1S/C14H28N2O/c1-6-16-9-7-12(8-10-16)15(5)11-13(17)14(2,3)4/h12H,6-11H2,1-5H3. The van der Waals surface area contributed by atoms with Gasteiger partial charge >= 0.3 is 0 Å². The van der Waals surface area contributed by atoms with E-state index in [4.69, 9.17) is 0 Å². The molecule has 0 amide bonds. The molecule has 17 heavy (non-hydrogen) atoms. The third-order valence-corrected chi connectivity index (χ3v) is 3.86. The summed E-state index contributed by atoms with van der Waals surface area (Å²) in [6.07, 6.45) is 2.39. The number of ketones is 1. The zero-order chi connectivity index (χ0) is 13.1. The van der Waals surface area contributed by atoms with E-state index >= 15 is 0 Å². The average molecular weight is 240 g/mol. The molecule has 3 nitrogen and oxygen atoms in total. The minimum Gasteiger partial charge on any atom is -0.303 e. The maximum absolute atomic E-state index is 12.0. The van der Waals surface area contributed by atoms with E-state index in [9.17, 15) is 4.79 Å². The molecule has 1 rings (SSSR count). The van der Waals surface area contributed by atoms with Crippen molar-refractivity contribution in [2.45, 2.75) is 46.6 Å². The van der Waals surface area contributed by atoms with Crippen LogP contribution in [0.15, 0.2) is 0 Å². The molecule has 0 saturated carbocycles. The summed E-state index contributed by atoms with van der Waals surface area (Å²) in [5, 5.41) is 0. The van der Waals surface area contributed by atoms with Crippen molar-refractivity contribution in [2.24, 2.45) is 5.41 Å². The predicted octanol–water partition coefficient (Wildman–Crippen LogP) is 2.02. The molecule has 0 atom stereocenters. The van der Waals surface area contributed by atoms with Gasteiger partial charge in [-0.25, -0.2) is 0 Å². The van der Waals surface area contributed by atoms with Crippen LogP contribution in [0.1, 0.15) is 40.5 Å². The van der Waals surface area contributed by atoms with E-state index in [-0.39, 0.29) is 5.41 Å². The third kappa shape index (κ3) is 4.40. The Kier molecular flexibility index (Phi) is 5.14. The van der Waals surface area contributed by atoms with Crippen molar-refractivity contribution >= 4 is 5.78 Å². The number of nitrogens with zero attached hydrogens (tertiary/aromatic N) is 2. The molecule has 0 radical (unpaired) electrons. The molecule has 1 saturated heterocycles. The van der Waals surface area contributed by atoms with E-state index in [1.54, 1.807) is 0 Å². The highest BCUT2D eigenvalue weighted by Gasteiger charge is 2.27. The molecule has 1 aliphatic rings. The number of carbonyl (C=O) groups excluding carboxylic acids is 1. The monoisotopic (exact) mass is 240 g/mol. The third-order valence-electron chi connectivity index (χ3n) is 3.86. The van der Waals surface area contributed by atoms with Crippen LogP contribution in [0, 0.1) is 5.41 Å². The molecule has 0 unspecified atom stereocenters. The summed E-state index contributed by atoms with van der Waals surface area (Å²) in [6.45, 7) is 12.3. The van der Waals surface area contributed by atoms with Crippen LogP contribution in [-0.4, -0.2) is 54.9 Å². The zero-order valence-corrected chi connectivity index (χ0v) is 12.1. The average Bonchev–Trinajstić information content (AvgIpc) is 2.27. The Morgan fingerprint density at radius 2 is 1.82 bits per heavy atom. The highest BCUT2D eigenvalue weighted by molar-refractivity contribution is 5.85. The van der Waals surface area contributed by atoms with Crippen molar-refractivity contribution in [1.82, 2.24) is 9.80 Å². The number of rotatable bonds is 4. The molecular weight excluding hydrogens is 212 g/mol. The van der Waals surface area contributed by atoms with Gasteiger partial charge in [-0.1, -0.05) is 27.7 Å². The smallest absolute Gasteiger partial charge is 0.152 e. The van der Waals surface area contributed by atoms with Crippen LogP contribution >= 0.6 is 0 Å². The van der Waals surface area contributed by atoms with Gasteiger partial charge in [-0.15, -0.1) is 0 Å². The van der Waals surface area contributed by atoms with Crippen molar-refractivity contribution in [1.29, 1.82) is 0 Å². The molecule has 0 N–H and O–H groups in total. The number of carbonyl (C=O) groups is 1. The molecule has 0 aromatic heterocycles. The Hall–Kier alpha value is -0.410. The SMILES string of the molecule is CCN1CCC(N(C)CC(=O)C(C)(C)C)CC1. The second kappa shape index (κ2) is 5.96. The second-order valence-electron chi connectivity index (χ2n) is 6.25. The lowest BCUT2D eigenvalue weighted by Crippen LogP contribution is -2.46. The van der Waals surface area contributed by atoms with Gasteiger partial charge in [0.25, 0.3) is 0 Å². The van der Waals surface area contributed by atoms with Gasteiger partial charge in [0.15, 0.2) is 5.78 Å². The lowest BCUT2D eigenvalue weighted by Gasteiger charge is -2.36. The Bertz CT molecular complexity index is 249. The number of hydrogen-bond donors (Lipinski definition) is 0. The molecule has 1 heterocycles. The van der Waals surface area contributed by atoms with E-state index in [0.29, 0.717) is 18.4 Å². The van der Waals surface area contributed by atoms with Gasteiger partial charge < -0.3 is 4.90 Å². The molecule has 100 valence electrons. The molecule has 0 spiro atoms. The molecule has 0 aromatic rings. The van der Waals surface area contributed by atoms with E-state index in [1.807, 2.05) is 20.8 Å². The van der Waals surface area contributed by atoms with E-state index in [2.05, 4.69) is 23.8 Å². The minimum atomic E-state index is -0.210. The first-order valence-corrected chi connectivity index (χ1v) is 6.80. The van der Waals surface area contributed by atoms with Crippen molar-refractivity contribution in [3.8, 4) is 0 Å². The molecule has 3 heteroatoms. The van der Waals surface area contributed by atoms with Crippen LogP contribution < -0.4 is 0 Å². The highest BCUT2D eigenvalue weighted by atomic mass is 16.1. The van der Waals surface area contributed by atoms with E-state index < -0.39 is 0 Å². The van der Waals surface area contributed by atoms with Gasteiger partial charge in [-0.3, -0.25) is 9.69 Å². The van der Waals surface area contributed by atoms with Crippen LogP contribution in [0.3, 0.4) is 0 Å². The van der Waals surface area contributed by atoms with Gasteiger partial charge in [0.05, 0.1) is 6.54 Å². The lowest BCUT2D eigenvalue weighted by atomic mass is 9.90. The first kappa shape index (κ1) is 14.7. The summed E-state index contributed by atoms with van der Waals surface area (Å²) < 4.78 is 0. The van der Waals surface area contributed by atoms with Crippen LogP contribution in [-0.2, 0) is 4.79 Å². The van der Waals surface area contributed by atoms with Crippen molar-refractivity contribution in [3.05, 3.63) is 0 Å². The summed E-state index contributed by atoms with van der Waals surface area (Å²) in [7, 11) is 2.09. The maximum Gasteiger partial charge on any atom is 0.152 e. The Balaban J connectivity index is 2.39. The fourth-order valence-electron chi connectivity index (χ4n) is 2.27. The highest BCUT2D eigenvalue weighted by Crippen LogP contribution is 2.19. The first-order chi connectivity index (χ1) is 7.84.